The third-order valence-electron chi connectivity index (χ3n) is 10.4. The van der Waals surface area contributed by atoms with Crippen LogP contribution >= 0.6 is 0 Å². The molecule has 0 rings (SSSR count). The number of carbonyl (C=O) groups is 2. The average molecular weight is 748 g/mol. The van der Waals surface area contributed by atoms with Crippen LogP contribution in [0.15, 0.2) is 23.3 Å². The average Bonchev–Trinajstić information content (AvgIpc) is 3.15. The van der Waals surface area contributed by atoms with Crippen LogP contribution in [0, 0.1) is 0 Å². The highest BCUT2D eigenvalue weighted by atomic mass is 16.5. The number of nitrogens with zero attached hydrogens (tertiary/aromatic N) is 1. The van der Waals surface area contributed by atoms with Gasteiger partial charge in [-0.2, -0.15) is 0 Å². The Bertz CT molecular complexity index is 803. The maximum atomic E-state index is 12.7. The molecule has 1 N–H and O–H groups in total. The van der Waals surface area contributed by atoms with Crippen LogP contribution in [0.1, 0.15) is 227 Å². The molecular formula is C47H89NO5. The van der Waals surface area contributed by atoms with E-state index in [9.17, 15) is 14.7 Å². The molecule has 0 amide bonds. The van der Waals surface area contributed by atoms with Crippen molar-refractivity contribution in [2.24, 2.45) is 0 Å². The van der Waals surface area contributed by atoms with Crippen LogP contribution in [0.5, 0.6) is 0 Å². The van der Waals surface area contributed by atoms with E-state index < -0.39 is 0 Å². The zero-order chi connectivity index (χ0) is 38.9. The van der Waals surface area contributed by atoms with Gasteiger partial charge in [-0.05, 0) is 96.6 Å². The first-order chi connectivity index (χ1) is 26.0. The van der Waals surface area contributed by atoms with Crippen molar-refractivity contribution in [3.8, 4) is 0 Å². The van der Waals surface area contributed by atoms with Gasteiger partial charge in [-0.3, -0.25) is 0 Å². The van der Waals surface area contributed by atoms with Gasteiger partial charge in [0, 0.05) is 25.3 Å². The lowest BCUT2D eigenvalue weighted by Gasteiger charge is -2.21. The summed E-state index contributed by atoms with van der Waals surface area (Å²) in [4.78, 5) is 27.7. The van der Waals surface area contributed by atoms with Crippen LogP contribution in [-0.2, 0) is 19.1 Å². The van der Waals surface area contributed by atoms with Crippen molar-refractivity contribution in [1.29, 1.82) is 0 Å². The first-order valence-corrected chi connectivity index (χ1v) is 23.1. The van der Waals surface area contributed by atoms with Gasteiger partial charge in [0.1, 0.15) is 0 Å². The molecule has 0 atom stereocenters. The van der Waals surface area contributed by atoms with E-state index in [2.05, 4.69) is 32.6 Å². The molecule has 0 aromatic heterocycles. The summed E-state index contributed by atoms with van der Waals surface area (Å²) < 4.78 is 11.3. The Kier molecular flexibility index (Phi) is 40.2. The lowest BCUT2D eigenvalue weighted by molar-refractivity contribution is -0.138. The van der Waals surface area contributed by atoms with E-state index in [1.807, 2.05) is 0 Å². The maximum absolute atomic E-state index is 12.7. The molecule has 0 aromatic carbocycles. The highest BCUT2D eigenvalue weighted by molar-refractivity contribution is 5.83. The van der Waals surface area contributed by atoms with Crippen LogP contribution in [0.25, 0.3) is 0 Å². The third kappa shape index (κ3) is 37.1. The minimum Gasteiger partial charge on any atom is -0.463 e. The summed E-state index contributed by atoms with van der Waals surface area (Å²) in [6.07, 6.45) is 39.9. The SMILES string of the molecule is CCCCCCCCCCC(=CC(=O)OCCCCN(CCCO)CCCCOC(=O)/C=C(/CCCCC)CCCCCCCCCC)CCCCC. The summed E-state index contributed by atoms with van der Waals surface area (Å²) in [6.45, 7) is 12.7. The zero-order valence-electron chi connectivity index (χ0n) is 35.8. The van der Waals surface area contributed by atoms with Crippen LogP contribution in [0.2, 0.25) is 0 Å². The number of allylic oxidation sites excluding steroid dienone is 2. The van der Waals surface area contributed by atoms with E-state index in [0.717, 1.165) is 90.3 Å². The Balaban J connectivity index is 4.49. The topological polar surface area (TPSA) is 76.1 Å². The van der Waals surface area contributed by atoms with Crippen LogP contribution in [0.3, 0.4) is 0 Å². The van der Waals surface area contributed by atoms with Gasteiger partial charge in [0.25, 0.3) is 0 Å². The van der Waals surface area contributed by atoms with Crippen LogP contribution in [-0.4, -0.2) is 61.4 Å². The highest BCUT2D eigenvalue weighted by Gasteiger charge is 2.09. The molecule has 0 fully saturated rings. The minimum atomic E-state index is -0.182. The number of ether oxygens (including phenoxy) is 2. The maximum Gasteiger partial charge on any atom is 0.330 e. The molecule has 0 unspecified atom stereocenters. The Morgan fingerprint density at radius 3 is 1.08 bits per heavy atom. The summed E-state index contributed by atoms with van der Waals surface area (Å²) >= 11 is 0. The summed E-state index contributed by atoms with van der Waals surface area (Å²) in [5, 5.41) is 9.42. The van der Waals surface area contributed by atoms with Gasteiger partial charge in [-0.15, -0.1) is 0 Å². The molecule has 0 bridgehead atoms. The summed E-state index contributed by atoms with van der Waals surface area (Å²) in [6, 6.07) is 0. The standard InChI is InChI=1S/C47H89NO5/c1-5-9-13-15-17-19-21-25-34-44(32-23-11-7-3)42-46(50)52-40-29-27-36-48(38-31-39-49)37-28-30-41-53-47(51)43-45(33-24-12-8-4)35-26-22-20-18-16-14-10-6-2/h42-43,49H,5-41H2,1-4H3/b44-42-,45-43?. The number of carbonyl (C=O) groups excluding carboxylic acids is 2. The fourth-order valence-corrected chi connectivity index (χ4v) is 6.98. The van der Waals surface area contributed by atoms with Gasteiger partial charge < -0.3 is 19.5 Å². The number of aliphatic hydroxyl groups is 1. The fraction of sp³-hybridized carbons (Fsp3) is 0.872. The van der Waals surface area contributed by atoms with Crippen molar-refractivity contribution in [2.45, 2.75) is 227 Å². The van der Waals surface area contributed by atoms with E-state index in [1.165, 1.54) is 140 Å². The molecule has 0 saturated heterocycles. The predicted molar refractivity (Wildman–Crippen MR) is 227 cm³/mol. The van der Waals surface area contributed by atoms with Gasteiger partial charge in [0.15, 0.2) is 0 Å². The number of rotatable bonds is 41. The highest BCUT2D eigenvalue weighted by Crippen LogP contribution is 2.20. The number of esters is 2. The molecule has 0 radical (unpaired) electrons. The van der Waals surface area contributed by atoms with Crippen molar-refractivity contribution in [1.82, 2.24) is 4.90 Å². The quantitative estimate of drug-likeness (QED) is 0.0381. The second-order valence-electron chi connectivity index (χ2n) is 15.6. The van der Waals surface area contributed by atoms with E-state index >= 15 is 0 Å². The zero-order valence-corrected chi connectivity index (χ0v) is 35.8. The first-order valence-electron chi connectivity index (χ1n) is 23.1. The molecule has 0 aliphatic rings. The predicted octanol–water partition coefficient (Wildman–Crippen LogP) is 13.4. The lowest BCUT2D eigenvalue weighted by atomic mass is 10.00. The molecule has 0 spiro atoms. The molecule has 312 valence electrons. The number of unbranched alkanes of at least 4 members (excludes halogenated alkanes) is 20. The molecular weight excluding hydrogens is 659 g/mol. The summed E-state index contributed by atoms with van der Waals surface area (Å²) in [5.41, 5.74) is 2.52. The van der Waals surface area contributed by atoms with E-state index in [1.54, 1.807) is 12.2 Å². The Morgan fingerprint density at radius 2 is 0.717 bits per heavy atom. The van der Waals surface area contributed by atoms with Crippen molar-refractivity contribution in [3.05, 3.63) is 23.3 Å². The Hall–Kier alpha value is -1.66. The third-order valence-corrected chi connectivity index (χ3v) is 10.4. The van der Waals surface area contributed by atoms with Gasteiger partial charge in [0.2, 0.25) is 0 Å². The van der Waals surface area contributed by atoms with Gasteiger partial charge >= 0.3 is 11.9 Å². The fourth-order valence-electron chi connectivity index (χ4n) is 6.98. The van der Waals surface area contributed by atoms with Crippen LogP contribution < -0.4 is 0 Å². The molecule has 6 nitrogen and oxygen atoms in total. The largest absolute Gasteiger partial charge is 0.463 e. The molecule has 0 aliphatic carbocycles. The number of aliphatic hydroxyl groups excluding tert-OH is 1. The molecule has 0 saturated carbocycles. The first kappa shape index (κ1) is 51.3. The Labute approximate surface area is 329 Å². The second-order valence-corrected chi connectivity index (χ2v) is 15.6. The van der Waals surface area contributed by atoms with Gasteiger partial charge in [-0.25, -0.2) is 9.59 Å². The number of hydrogen-bond acceptors (Lipinski definition) is 6. The minimum absolute atomic E-state index is 0.182. The molecule has 0 aliphatic heterocycles. The summed E-state index contributed by atoms with van der Waals surface area (Å²) in [7, 11) is 0. The van der Waals surface area contributed by atoms with Crippen molar-refractivity contribution < 1.29 is 24.2 Å². The smallest absolute Gasteiger partial charge is 0.330 e. The monoisotopic (exact) mass is 748 g/mol. The van der Waals surface area contributed by atoms with E-state index in [-0.39, 0.29) is 18.5 Å². The second kappa shape index (κ2) is 41.5. The normalized spacial score (nSPS) is 12.2. The Morgan fingerprint density at radius 1 is 0.415 bits per heavy atom. The van der Waals surface area contributed by atoms with Gasteiger partial charge in [-0.1, -0.05) is 154 Å². The van der Waals surface area contributed by atoms with Crippen LogP contribution in [0.4, 0.5) is 0 Å². The summed E-state index contributed by atoms with van der Waals surface area (Å²) in [5.74, 6) is -0.363. The van der Waals surface area contributed by atoms with E-state index in [0.29, 0.717) is 13.2 Å². The molecule has 0 aromatic rings. The number of hydrogen-bond donors (Lipinski definition) is 1. The van der Waals surface area contributed by atoms with Crippen molar-refractivity contribution in [2.75, 3.05) is 39.5 Å². The lowest BCUT2D eigenvalue weighted by Crippen LogP contribution is -2.28. The van der Waals surface area contributed by atoms with Crippen molar-refractivity contribution in [3.63, 3.8) is 0 Å². The van der Waals surface area contributed by atoms with Crippen molar-refractivity contribution >= 4 is 11.9 Å². The molecule has 0 heterocycles. The molecule has 53 heavy (non-hydrogen) atoms. The van der Waals surface area contributed by atoms with E-state index in [4.69, 9.17) is 9.47 Å². The van der Waals surface area contributed by atoms with Gasteiger partial charge in [0.05, 0.1) is 13.2 Å². The molecule has 6 heteroatoms.